The van der Waals surface area contributed by atoms with Crippen LogP contribution in [0.3, 0.4) is 0 Å². The van der Waals surface area contributed by atoms with Crippen LogP contribution >= 0.6 is 0 Å². The standard InChI is InChI=1S/C23H28O2/c1-3-4-5-6-7-8-19-9-14-21(15-10-19)22-16-11-20(12-17-22)13-18-23(24)25-2/h9-18H,3-8H2,1-2H3. The van der Waals surface area contributed by atoms with E-state index in [-0.39, 0.29) is 5.97 Å². The Labute approximate surface area is 151 Å². The van der Waals surface area contributed by atoms with Crippen LogP contribution in [0.15, 0.2) is 54.6 Å². The highest BCUT2D eigenvalue weighted by atomic mass is 16.5. The van der Waals surface area contributed by atoms with Crippen LogP contribution in [0.2, 0.25) is 0 Å². The summed E-state index contributed by atoms with van der Waals surface area (Å²) in [5.74, 6) is -0.339. The quantitative estimate of drug-likeness (QED) is 0.316. The summed E-state index contributed by atoms with van der Waals surface area (Å²) in [5, 5.41) is 0. The fourth-order valence-electron chi connectivity index (χ4n) is 2.82. The lowest BCUT2D eigenvalue weighted by atomic mass is 10.00. The number of carbonyl (C=O) groups excluding carboxylic acids is 1. The van der Waals surface area contributed by atoms with Gasteiger partial charge in [-0.1, -0.05) is 81.1 Å². The van der Waals surface area contributed by atoms with Crippen LogP contribution in [-0.2, 0) is 16.0 Å². The summed E-state index contributed by atoms with van der Waals surface area (Å²) < 4.78 is 4.60. The van der Waals surface area contributed by atoms with Crippen molar-refractivity contribution in [3.05, 3.63) is 65.7 Å². The highest BCUT2D eigenvalue weighted by molar-refractivity contribution is 5.87. The monoisotopic (exact) mass is 336 g/mol. The Hall–Kier alpha value is -2.35. The summed E-state index contributed by atoms with van der Waals surface area (Å²) in [5.41, 5.74) is 4.80. The molecule has 2 aromatic carbocycles. The SMILES string of the molecule is CCCCCCCc1ccc(-c2ccc(C=CC(=O)OC)cc2)cc1. The van der Waals surface area contributed by atoms with E-state index in [1.165, 1.54) is 68.4 Å². The molecule has 0 spiro atoms. The van der Waals surface area contributed by atoms with Crippen LogP contribution in [-0.4, -0.2) is 13.1 Å². The zero-order valence-corrected chi connectivity index (χ0v) is 15.3. The molecule has 0 saturated carbocycles. The normalized spacial score (nSPS) is 11.0. The van der Waals surface area contributed by atoms with Crippen LogP contribution in [0.1, 0.15) is 50.2 Å². The van der Waals surface area contributed by atoms with E-state index in [1.807, 2.05) is 12.1 Å². The first-order valence-corrected chi connectivity index (χ1v) is 9.18. The molecule has 0 heterocycles. The molecular weight excluding hydrogens is 308 g/mol. The maximum Gasteiger partial charge on any atom is 0.330 e. The molecule has 132 valence electrons. The minimum absolute atomic E-state index is 0.339. The summed E-state index contributed by atoms with van der Waals surface area (Å²) in [6, 6.07) is 17.0. The van der Waals surface area contributed by atoms with E-state index in [4.69, 9.17) is 0 Å². The third kappa shape index (κ3) is 6.58. The first-order chi connectivity index (χ1) is 12.2. The number of methoxy groups -OCH3 is 1. The molecule has 2 rings (SSSR count). The zero-order valence-electron chi connectivity index (χ0n) is 15.3. The minimum Gasteiger partial charge on any atom is -0.466 e. The molecule has 0 N–H and O–H groups in total. The molecule has 0 aliphatic heterocycles. The third-order valence-electron chi connectivity index (χ3n) is 4.38. The molecule has 0 saturated heterocycles. The number of rotatable bonds is 9. The first-order valence-electron chi connectivity index (χ1n) is 9.18. The molecule has 0 amide bonds. The van der Waals surface area contributed by atoms with Crippen molar-refractivity contribution in [1.29, 1.82) is 0 Å². The maximum atomic E-state index is 11.1. The Morgan fingerprint density at radius 3 is 2.08 bits per heavy atom. The van der Waals surface area contributed by atoms with E-state index in [2.05, 4.69) is 48.1 Å². The number of hydrogen-bond acceptors (Lipinski definition) is 2. The van der Waals surface area contributed by atoms with E-state index in [9.17, 15) is 4.79 Å². The summed E-state index contributed by atoms with van der Waals surface area (Å²) in [6.07, 6.45) is 11.0. The number of unbranched alkanes of at least 4 members (excludes halogenated alkanes) is 4. The fourth-order valence-corrected chi connectivity index (χ4v) is 2.82. The summed E-state index contributed by atoms with van der Waals surface area (Å²) in [6.45, 7) is 2.25. The summed E-state index contributed by atoms with van der Waals surface area (Å²) in [7, 11) is 1.38. The van der Waals surface area contributed by atoms with Gasteiger partial charge in [-0.3, -0.25) is 0 Å². The third-order valence-corrected chi connectivity index (χ3v) is 4.38. The van der Waals surface area contributed by atoms with E-state index in [0.717, 1.165) is 5.56 Å². The van der Waals surface area contributed by atoms with Gasteiger partial charge in [0, 0.05) is 6.08 Å². The van der Waals surface area contributed by atoms with Gasteiger partial charge in [0.05, 0.1) is 7.11 Å². The van der Waals surface area contributed by atoms with Gasteiger partial charge >= 0.3 is 5.97 Å². The molecule has 0 radical (unpaired) electrons. The molecule has 0 unspecified atom stereocenters. The van der Waals surface area contributed by atoms with Gasteiger partial charge in [-0.2, -0.15) is 0 Å². The molecular formula is C23H28O2. The Morgan fingerprint density at radius 2 is 1.48 bits per heavy atom. The van der Waals surface area contributed by atoms with Crippen molar-refractivity contribution in [3.8, 4) is 11.1 Å². The van der Waals surface area contributed by atoms with E-state index in [0.29, 0.717) is 0 Å². The Morgan fingerprint density at radius 1 is 0.880 bits per heavy atom. The van der Waals surface area contributed by atoms with Crippen LogP contribution in [0.4, 0.5) is 0 Å². The highest BCUT2D eigenvalue weighted by Crippen LogP contribution is 2.21. The number of esters is 1. The zero-order chi connectivity index (χ0) is 17.9. The lowest BCUT2D eigenvalue weighted by molar-refractivity contribution is -0.134. The molecule has 2 aromatic rings. The molecule has 25 heavy (non-hydrogen) atoms. The van der Waals surface area contributed by atoms with Crippen LogP contribution < -0.4 is 0 Å². The molecule has 0 atom stereocenters. The van der Waals surface area contributed by atoms with Gasteiger partial charge in [-0.05, 0) is 41.2 Å². The van der Waals surface area contributed by atoms with Crippen LogP contribution in [0, 0.1) is 0 Å². The van der Waals surface area contributed by atoms with Crippen molar-refractivity contribution in [1.82, 2.24) is 0 Å². The van der Waals surface area contributed by atoms with Gasteiger partial charge in [0.25, 0.3) is 0 Å². The molecule has 0 aliphatic carbocycles. The van der Waals surface area contributed by atoms with Gasteiger partial charge in [0.1, 0.15) is 0 Å². The minimum atomic E-state index is -0.339. The Balaban J connectivity index is 1.91. The van der Waals surface area contributed by atoms with E-state index < -0.39 is 0 Å². The molecule has 0 aliphatic rings. The smallest absolute Gasteiger partial charge is 0.330 e. The molecule has 2 heteroatoms. The van der Waals surface area contributed by atoms with Gasteiger partial charge in [-0.15, -0.1) is 0 Å². The predicted molar refractivity (Wildman–Crippen MR) is 105 cm³/mol. The second kappa shape index (κ2) is 10.5. The topological polar surface area (TPSA) is 26.3 Å². The molecule has 2 nitrogen and oxygen atoms in total. The van der Waals surface area contributed by atoms with Crippen molar-refractivity contribution in [2.45, 2.75) is 45.4 Å². The van der Waals surface area contributed by atoms with Crippen molar-refractivity contribution in [3.63, 3.8) is 0 Å². The second-order valence-corrected chi connectivity index (χ2v) is 6.34. The first kappa shape index (κ1) is 19.0. The van der Waals surface area contributed by atoms with Crippen LogP contribution in [0.25, 0.3) is 17.2 Å². The van der Waals surface area contributed by atoms with Gasteiger partial charge in [-0.25, -0.2) is 4.79 Å². The largest absolute Gasteiger partial charge is 0.466 e. The highest BCUT2D eigenvalue weighted by Gasteiger charge is 1.99. The fraction of sp³-hybridized carbons (Fsp3) is 0.348. The average Bonchev–Trinajstić information content (AvgIpc) is 2.67. The summed E-state index contributed by atoms with van der Waals surface area (Å²) >= 11 is 0. The van der Waals surface area contributed by atoms with Gasteiger partial charge in [0.15, 0.2) is 0 Å². The molecule has 0 aromatic heterocycles. The number of aryl methyl sites for hydroxylation is 1. The molecule has 0 fully saturated rings. The number of hydrogen-bond donors (Lipinski definition) is 0. The second-order valence-electron chi connectivity index (χ2n) is 6.34. The van der Waals surface area contributed by atoms with Crippen molar-refractivity contribution < 1.29 is 9.53 Å². The molecule has 0 bridgehead atoms. The van der Waals surface area contributed by atoms with Crippen molar-refractivity contribution >= 4 is 12.0 Å². The number of carbonyl (C=O) groups is 1. The average molecular weight is 336 g/mol. The Bertz CT molecular complexity index is 666. The lowest BCUT2D eigenvalue weighted by Gasteiger charge is -2.05. The Kier molecular flexibility index (Phi) is 7.97. The predicted octanol–water partition coefficient (Wildman–Crippen LogP) is 6.05. The van der Waals surface area contributed by atoms with Crippen LogP contribution in [0.5, 0.6) is 0 Å². The number of benzene rings is 2. The lowest BCUT2D eigenvalue weighted by Crippen LogP contribution is -1.93. The number of ether oxygens (including phenoxy) is 1. The van der Waals surface area contributed by atoms with E-state index in [1.54, 1.807) is 6.08 Å². The van der Waals surface area contributed by atoms with Crippen molar-refractivity contribution in [2.75, 3.05) is 7.11 Å². The van der Waals surface area contributed by atoms with Gasteiger partial charge < -0.3 is 4.74 Å². The summed E-state index contributed by atoms with van der Waals surface area (Å²) in [4.78, 5) is 11.1. The van der Waals surface area contributed by atoms with E-state index >= 15 is 0 Å². The maximum absolute atomic E-state index is 11.1. The van der Waals surface area contributed by atoms with Gasteiger partial charge in [0.2, 0.25) is 0 Å². The van der Waals surface area contributed by atoms with Crippen molar-refractivity contribution in [2.24, 2.45) is 0 Å².